The zero-order valence-corrected chi connectivity index (χ0v) is 16.3. The van der Waals surface area contributed by atoms with Crippen LogP contribution >= 0.6 is 11.6 Å². The van der Waals surface area contributed by atoms with E-state index in [9.17, 15) is 14.4 Å². The second-order valence-corrected chi connectivity index (χ2v) is 6.91. The van der Waals surface area contributed by atoms with Gasteiger partial charge < -0.3 is 14.5 Å². The van der Waals surface area contributed by atoms with Crippen LogP contribution < -0.4 is 10.7 Å². The number of carbonyl (C=O) groups excluding carboxylic acids is 2. The maximum absolute atomic E-state index is 12.3. The normalized spacial score (nSPS) is 11.9. The number of hydrogen-bond donors (Lipinski definition) is 1. The van der Waals surface area contributed by atoms with Crippen LogP contribution in [0.5, 0.6) is 0 Å². The molecule has 0 spiro atoms. The Morgan fingerprint density at radius 2 is 1.86 bits per heavy atom. The van der Waals surface area contributed by atoms with Gasteiger partial charge in [-0.1, -0.05) is 29.3 Å². The Balaban J connectivity index is 1.76. The van der Waals surface area contributed by atoms with E-state index in [1.54, 1.807) is 36.4 Å². The second-order valence-electron chi connectivity index (χ2n) is 6.47. The largest absolute Gasteiger partial charge is 0.449 e. The first kappa shape index (κ1) is 19.6. The number of nitrogens with one attached hydrogen (secondary N) is 1. The molecule has 28 heavy (non-hydrogen) atoms. The van der Waals surface area contributed by atoms with Gasteiger partial charge in [0.05, 0.1) is 5.39 Å². The molecule has 2 aromatic carbocycles. The topological polar surface area (TPSA) is 85.6 Å². The van der Waals surface area contributed by atoms with Crippen LogP contribution in [-0.4, -0.2) is 18.0 Å². The van der Waals surface area contributed by atoms with Gasteiger partial charge in [-0.15, -0.1) is 0 Å². The van der Waals surface area contributed by atoms with Crippen LogP contribution in [0.1, 0.15) is 28.6 Å². The number of halogens is 1. The summed E-state index contributed by atoms with van der Waals surface area (Å²) < 4.78 is 10.6. The van der Waals surface area contributed by atoms with Crippen molar-refractivity contribution in [3.05, 3.63) is 74.6 Å². The van der Waals surface area contributed by atoms with Gasteiger partial charge in [-0.3, -0.25) is 9.59 Å². The van der Waals surface area contributed by atoms with E-state index in [0.717, 1.165) is 17.2 Å². The molecule has 0 unspecified atom stereocenters. The molecule has 1 amide bonds. The molecule has 144 valence electrons. The highest BCUT2D eigenvalue weighted by molar-refractivity contribution is 6.31. The summed E-state index contributed by atoms with van der Waals surface area (Å²) in [6.45, 7) is 5.09. The van der Waals surface area contributed by atoms with Gasteiger partial charge in [0.15, 0.2) is 11.5 Å². The van der Waals surface area contributed by atoms with Gasteiger partial charge in [-0.2, -0.15) is 0 Å². The molecule has 1 heterocycles. The summed E-state index contributed by atoms with van der Waals surface area (Å²) in [5.74, 6) is -1.69. The Hall–Kier alpha value is -3.12. The van der Waals surface area contributed by atoms with Crippen LogP contribution in [0.2, 0.25) is 5.02 Å². The fourth-order valence-corrected chi connectivity index (χ4v) is 2.78. The van der Waals surface area contributed by atoms with Gasteiger partial charge in [-0.25, -0.2) is 4.79 Å². The van der Waals surface area contributed by atoms with E-state index >= 15 is 0 Å². The molecule has 0 saturated heterocycles. The third-order valence-corrected chi connectivity index (χ3v) is 4.43. The van der Waals surface area contributed by atoms with Crippen molar-refractivity contribution in [3.8, 4) is 0 Å². The molecule has 0 saturated carbocycles. The predicted molar refractivity (Wildman–Crippen MR) is 107 cm³/mol. The first-order chi connectivity index (χ1) is 13.2. The van der Waals surface area contributed by atoms with E-state index in [-0.39, 0.29) is 16.8 Å². The third-order valence-electron chi connectivity index (χ3n) is 4.19. The van der Waals surface area contributed by atoms with E-state index in [4.69, 9.17) is 20.8 Å². The molecule has 6 nitrogen and oxygen atoms in total. The van der Waals surface area contributed by atoms with Crippen LogP contribution in [0.25, 0.3) is 11.0 Å². The number of anilines is 1. The highest BCUT2D eigenvalue weighted by Gasteiger charge is 2.22. The number of hydrogen-bond acceptors (Lipinski definition) is 5. The number of benzene rings is 2. The van der Waals surface area contributed by atoms with E-state index < -0.39 is 18.0 Å². The van der Waals surface area contributed by atoms with E-state index in [1.165, 1.54) is 6.92 Å². The van der Waals surface area contributed by atoms with Crippen molar-refractivity contribution in [1.82, 2.24) is 0 Å². The summed E-state index contributed by atoms with van der Waals surface area (Å²) in [5.41, 5.74) is 2.15. The van der Waals surface area contributed by atoms with Crippen LogP contribution in [-0.2, 0) is 9.53 Å². The monoisotopic (exact) mass is 399 g/mol. The Labute approximate surface area is 166 Å². The average Bonchev–Trinajstić information content (AvgIpc) is 2.65. The van der Waals surface area contributed by atoms with Gasteiger partial charge in [0.25, 0.3) is 5.91 Å². The number of esters is 1. The molecule has 3 rings (SSSR count). The molecule has 3 aromatic rings. The van der Waals surface area contributed by atoms with Crippen LogP contribution in [0, 0.1) is 13.8 Å². The zero-order valence-electron chi connectivity index (χ0n) is 15.5. The van der Waals surface area contributed by atoms with Crippen molar-refractivity contribution in [2.24, 2.45) is 0 Å². The minimum atomic E-state index is -1.11. The number of rotatable bonds is 4. The highest BCUT2D eigenvalue weighted by Crippen LogP contribution is 2.21. The first-order valence-electron chi connectivity index (χ1n) is 8.57. The van der Waals surface area contributed by atoms with Crippen molar-refractivity contribution in [2.45, 2.75) is 26.9 Å². The van der Waals surface area contributed by atoms with Gasteiger partial charge in [0.2, 0.25) is 5.76 Å². The smallest absolute Gasteiger partial charge is 0.375 e. The molecule has 0 fully saturated rings. The van der Waals surface area contributed by atoms with Crippen molar-refractivity contribution >= 4 is 40.1 Å². The van der Waals surface area contributed by atoms with Gasteiger partial charge >= 0.3 is 5.97 Å². The van der Waals surface area contributed by atoms with E-state index in [2.05, 4.69) is 5.32 Å². The molecule has 1 atom stereocenters. The second kappa shape index (κ2) is 7.86. The molecule has 0 bridgehead atoms. The Morgan fingerprint density at radius 1 is 1.11 bits per heavy atom. The van der Waals surface area contributed by atoms with E-state index in [1.807, 2.05) is 13.8 Å². The highest BCUT2D eigenvalue weighted by atomic mass is 35.5. The van der Waals surface area contributed by atoms with Crippen molar-refractivity contribution in [3.63, 3.8) is 0 Å². The summed E-state index contributed by atoms with van der Waals surface area (Å²) in [7, 11) is 0. The third kappa shape index (κ3) is 4.23. The summed E-state index contributed by atoms with van der Waals surface area (Å²) >= 11 is 5.94. The summed E-state index contributed by atoms with van der Waals surface area (Å²) in [6.07, 6.45) is -1.11. The molecule has 0 radical (unpaired) electrons. The van der Waals surface area contributed by atoms with Crippen LogP contribution in [0.3, 0.4) is 0 Å². The maximum atomic E-state index is 12.3. The summed E-state index contributed by atoms with van der Waals surface area (Å²) in [6, 6.07) is 11.2. The molecular formula is C21H18ClNO5. The summed E-state index contributed by atoms with van der Waals surface area (Å²) in [5, 5.41) is 3.51. The fourth-order valence-electron chi connectivity index (χ4n) is 2.61. The number of ether oxygens (including phenoxy) is 1. The molecule has 1 N–H and O–H groups in total. The van der Waals surface area contributed by atoms with Crippen molar-refractivity contribution in [1.29, 1.82) is 0 Å². The molecular weight excluding hydrogens is 382 g/mol. The van der Waals surface area contributed by atoms with Gasteiger partial charge in [0, 0.05) is 16.8 Å². The molecule has 0 aliphatic rings. The Morgan fingerprint density at radius 3 is 2.61 bits per heavy atom. The molecule has 1 aromatic heterocycles. The lowest BCUT2D eigenvalue weighted by Crippen LogP contribution is -2.30. The van der Waals surface area contributed by atoms with Gasteiger partial charge in [0.1, 0.15) is 5.58 Å². The fraction of sp³-hybridized carbons (Fsp3) is 0.190. The van der Waals surface area contributed by atoms with Gasteiger partial charge in [-0.05, 0) is 50.6 Å². The maximum Gasteiger partial charge on any atom is 0.375 e. The van der Waals surface area contributed by atoms with Crippen molar-refractivity contribution < 1.29 is 18.7 Å². The Bertz CT molecular complexity index is 1140. The molecule has 0 aliphatic carbocycles. The minimum Gasteiger partial charge on any atom is -0.449 e. The lowest BCUT2D eigenvalue weighted by Gasteiger charge is -2.14. The SMILES string of the molecule is Cc1ccc2oc(C(=O)O[C@H](C)C(=O)Nc3cc(Cl)ccc3C)cc(=O)c2c1. The van der Waals surface area contributed by atoms with Crippen LogP contribution in [0.15, 0.2) is 51.7 Å². The minimum absolute atomic E-state index is 0.264. The molecule has 7 heteroatoms. The number of aryl methyl sites for hydroxylation is 2. The molecule has 0 aliphatic heterocycles. The lowest BCUT2D eigenvalue weighted by molar-refractivity contribution is -0.123. The number of amides is 1. The van der Waals surface area contributed by atoms with E-state index in [0.29, 0.717) is 16.1 Å². The van der Waals surface area contributed by atoms with Crippen LogP contribution in [0.4, 0.5) is 5.69 Å². The first-order valence-corrected chi connectivity index (χ1v) is 8.95. The number of carbonyl (C=O) groups is 2. The quantitative estimate of drug-likeness (QED) is 0.663. The standard InChI is InChI=1S/C21H18ClNO5/c1-11-4-7-18-15(8-11)17(24)10-19(28-18)21(26)27-13(3)20(25)23-16-9-14(22)6-5-12(16)2/h4-10,13H,1-3H3,(H,23,25)/t13-/m1/s1. The summed E-state index contributed by atoms with van der Waals surface area (Å²) in [4.78, 5) is 36.9. The predicted octanol–water partition coefficient (Wildman–Crippen LogP) is 4.25. The zero-order chi connectivity index (χ0) is 20.4. The Kier molecular flexibility index (Phi) is 5.51. The van der Waals surface area contributed by atoms with Crippen molar-refractivity contribution in [2.75, 3.05) is 5.32 Å². The number of fused-ring (bicyclic) bond motifs is 1. The average molecular weight is 400 g/mol. The lowest BCUT2D eigenvalue weighted by atomic mass is 10.1.